The second kappa shape index (κ2) is 11.5. The number of hydrogen-bond donors (Lipinski definition) is 4. The number of H-pyrrole nitrogens is 1. The SMILES string of the molecule is CCOc1c(CC(N)=O)cc([C@@](O)(CNC(=O)c2cc(CC)c3[nH]ncc3c2)C(F)(F)F)nc1-c1ccc(F)cc1. The standard InChI is InChI=1S/C28H27F4N5O4/c1-3-15-9-18(10-19-13-35-37-23(15)19)26(39)34-14-27(40,28(30,31)32)21-11-17(12-22(33)38)25(41-4-2)24(36-21)16-5-7-20(29)8-6-16/h5-11,13,40H,3-4,12,14H2,1-2H3,(H2,33,38)(H,34,39)(H,35,37)/t27-/m0/s1. The summed E-state index contributed by atoms with van der Waals surface area (Å²) in [5.41, 5.74) is 2.15. The van der Waals surface area contributed by atoms with Crippen LogP contribution in [0.2, 0.25) is 0 Å². The molecule has 0 spiro atoms. The number of ether oxygens (including phenoxy) is 1. The third kappa shape index (κ3) is 5.99. The molecule has 0 fully saturated rings. The lowest BCUT2D eigenvalue weighted by Crippen LogP contribution is -2.51. The number of aliphatic hydroxyl groups is 1. The van der Waals surface area contributed by atoms with Crippen LogP contribution in [0.1, 0.15) is 41.0 Å². The zero-order valence-electron chi connectivity index (χ0n) is 22.1. The van der Waals surface area contributed by atoms with Gasteiger partial charge in [0.1, 0.15) is 17.3 Å². The van der Waals surface area contributed by atoms with E-state index in [0.29, 0.717) is 17.3 Å². The number of nitrogens with two attached hydrogens (primary N) is 1. The number of nitrogens with zero attached hydrogens (tertiary/aromatic N) is 2. The number of halogens is 4. The van der Waals surface area contributed by atoms with Crippen molar-refractivity contribution in [2.45, 2.75) is 38.5 Å². The minimum Gasteiger partial charge on any atom is -0.491 e. The number of nitrogens with one attached hydrogen (secondary N) is 2. The van der Waals surface area contributed by atoms with E-state index < -0.39 is 48.1 Å². The summed E-state index contributed by atoms with van der Waals surface area (Å²) in [5.74, 6) is -2.39. The summed E-state index contributed by atoms with van der Waals surface area (Å²) in [6.45, 7) is 2.21. The second-order valence-electron chi connectivity index (χ2n) is 9.29. The molecule has 2 aromatic carbocycles. The van der Waals surface area contributed by atoms with Crippen molar-refractivity contribution in [1.82, 2.24) is 20.5 Å². The molecule has 0 bridgehead atoms. The van der Waals surface area contributed by atoms with Crippen molar-refractivity contribution >= 4 is 22.7 Å². The van der Waals surface area contributed by atoms with Crippen LogP contribution in [0.4, 0.5) is 17.6 Å². The highest BCUT2D eigenvalue weighted by atomic mass is 19.4. The van der Waals surface area contributed by atoms with Gasteiger partial charge in [-0.15, -0.1) is 0 Å². The Morgan fingerprint density at radius 2 is 1.80 bits per heavy atom. The molecule has 0 aliphatic carbocycles. The fourth-order valence-electron chi connectivity index (χ4n) is 4.41. The van der Waals surface area contributed by atoms with Crippen molar-refractivity contribution in [2.24, 2.45) is 5.73 Å². The highest BCUT2D eigenvalue weighted by Crippen LogP contribution is 2.42. The molecular weight excluding hydrogens is 546 g/mol. The zero-order chi connectivity index (χ0) is 29.9. The number of rotatable bonds is 10. The molecule has 41 heavy (non-hydrogen) atoms. The average molecular weight is 574 g/mol. The lowest BCUT2D eigenvalue weighted by atomic mass is 9.93. The summed E-state index contributed by atoms with van der Waals surface area (Å²) >= 11 is 0. The quantitative estimate of drug-likeness (QED) is 0.212. The largest absolute Gasteiger partial charge is 0.491 e. The first-order valence-electron chi connectivity index (χ1n) is 12.6. The summed E-state index contributed by atoms with van der Waals surface area (Å²) in [5, 5.41) is 20.6. The number of carbonyl (C=O) groups excluding carboxylic acids is 2. The van der Waals surface area contributed by atoms with Crippen molar-refractivity contribution in [3.63, 3.8) is 0 Å². The minimum atomic E-state index is -5.33. The molecule has 0 unspecified atom stereocenters. The number of pyridine rings is 1. The third-order valence-electron chi connectivity index (χ3n) is 6.49. The third-order valence-corrected chi connectivity index (χ3v) is 6.49. The van der Waals surface area contributed by atoms with Crippen LogP contribution in [0, 0.1) is 5.82 Å². The fourth-order valence-corrected chi connectivity index (χ4v) is 4.41. The van der Waals surface area contributed by atoms with Crippen molar-refractivity contribution in [2.75, 3.05) is 13.2 Å². The zero-order valence-corrected chi connectivity index (χ0v) is 22.1. The summed E-state index contributed by atoms with van der Waals surface area (Å²) in [6.07, 6.45) is -3.85. The van der Waals surface area contributed by atoms with Gasteiger partial charge in [-0.1, -0.05) is 6.92 Å². The van der Waals surface area contributed by atoms with Gasteiger partial charge < -0.3 is 20.9 Å². The number of fused-ring (bicyclic) bond motifs is 1. The minimum absolute atomic E-state index is 0.0456. The Kier molecular flexibility index (Phi) is 8.29. The first kappa shape index (κ1) is 29.5. The maximum absolute atomic E-state index is 14.5. The molecule has 2 amide bonds. The van der Waals surface area contributed by atoms with Crippen LogP contribution in [-0.4, -0.2) is 51.4 Å². The highest BCUT2D eigenvalue weighted by Gasteiger charge is 2.56. The molecule has 216 valence electrons. The van der Waals surface area contributed by atoms with Gasteiger partial charge in [0.15, 0.2) is 0 Å². The monoisotopic (exact) mass is 573 g/mol. The van der Waals surface area contributed by atoms with Gasteiger partial charge in [0.05, 0.1) is 37.0 Å². The second-order valence-corrected chi connectivity index (χ2v) is 9.29. The van der Waals surface area contributed by atoms with Crippen LogP contribution in [-0.2, 0) is 23.2 Å². The van der Waals surface area contributed by atoms with Gasteiger partial charge in [0, 0.05) is 22.1 Å². The first-order valence-corrected chi connectivity index (χ1v) is 12.6. The lowest BCUT2D eigenvalue weighted by molar-refractivity contribution is -0.265. The first-order chi connectivity index (χ1) is 19.4. The maximum atomic E-state index is 14.5. The Labute approximate surface area is 231 Å². The highest BCUT2D eigenvalue weighted by molar-refractivity contribution is 5.99. The number of alkyl halides is 3. The van der Waals surface area contributed by atoms with Crippen LogP contribution in [0.5, 0.6) is 5.75 Å². The van der Waals surface area contributed by atoms with Gasteiger partial charge in [-0.3, -0.25) is 14.7 Å². The summed E-state index contributed by atoms with van der Waals surface area (Å²) in [7, 11) is 0. The Bertz CT molecular complexity index is 1590. The van der Waals surface area contributed by atoms with E-state index in [4.69, 9.17) is 10.5 Å². The number of aromatic nitrogens is 3. The van der Waals surface area contributed by atoms with Crippen molar-refractivity contribution < 1.29 is 37.0 Å². The molecule has 13 heteroatoms. The Hall–Kier alpha value is -4.52. The molecule has 2 heterocycles. The van der Waals surface area contributed by atoms with E-state index in [1.54, 1.807) is 6.92 Å². The van der Waals surface area contributed by atoms with Gasteiger partial charge in [0.2, 0.25) is 11.5 Å². The predicted molar refractivity (Wildman–Crippen MR) is 141 cm³/mol. The van der Waals surface area contributed by atoms with Gasteiger partial charge in [-0.25, -0.2) is 9.37 Å². The van der Waals surface area contributed by atoms with Crippen LogP contribution >= 0.6 is 0 Å². The van der Waals surface area contributed by atoms with Gasteiger partial charge in [-0.2, -0.15) is 18.3 Å². The number of hydrogen-bond acceptors (Lipinski definition) is 6. The summed E-state index contributed by atoms with van der Waals surface area (Å²) in [6, 6.07) is 8.54. The molecule has 2 aromatic heterocycles. The van der Waals surface area contributed by atoms with E-state index in [-0.39, 0.29) is 34.7 Å². The number of benzene rings is 2. The van der Waals surface area contributed by atoms with Crippen molar-refractivity contribution in [3.8, 4) is 17.0 Å². The molecule has 4 aromatic rings. The van der Waals surface area contributed by atoms with E-state index in [0.717, 1.165) is 23.8 Å². The Morgan fingerprint density at radius 1 is 1.10 bits per heavy atom. The number of carbonyl (C=O) groups is 2. The van der Waals surface area contributed by atoms with E-state index in [9.17, 15) is 32.3 Å². The van der Waals surface area contributed by atoms with Crippen LogP contribution in [0.3, 0.4) is 0 Å². The van der Waals surface area contributed by atoms with Gasteiger partial charge >= 0.3 is 6.18 Å². The maximum Gasteiger partial charge on any atom is 0.424 e. The molecule has 0 radical (unpaired) electrons. The average Bonchev–Trinajstić information content (AvgIpc) is 3.40. The molecule has 0 saturated carbocycles. The van der Waals surface area contributed by atoms with E-state index >= 15 is 0 Å². The molecule has 5 N–H and O–H groups in total. The van der Waals surface area contributed by atoms with E-state index in [2.05, 4.69) is 20.5 Å². The number of aromatic amines is 1. The normalized spacial score (nSPS) is 13.1. The van der Waals surface area contributed by atoms with Crippen LogP contribution in [0.25, 0.3) is 22.2 Å². The molecule has 1 atom stereocenters. The predicted octanol–water partition coefficient (Wildman–Crippen LogP) is 3.93. The smallest absolute Gasteiger partial charge is 0.424 e. The molecule has 0 aliphatic heterocycles. The van der Waals surface area contributed by atoms with Crippen molar-refractivity contribution in [1.29, 1.82) is 0 Å². The number of primary amides is 1. The van der Waals surface area contributed by atoms with Crippen LogP contribution in [0.15, 0.2) is 48.7 Å². The number of amides is 2. The fraction of sp³-hybridized carbons (Fsp3) is 0.286. The molecular formula is C28H27F4N5O4. The molecule has 9 nitrogen and oxygen atoms in total. The van der Waals surface area contributed by atoms with Crippen molar-refractivity contribution in [3.05, 3.63) is 76.9 Å². The molecule has 0 saturated heterocycles. The van der Waals surface area contributed by atoms with E-state index in [1.165, 1.54) is 30.5 Å². The molecule has 4 rings (SSSR count). The van der Waals surface area contributed by atoms with Gasteiger partial charge in [0.25, 0.3) is 5.91 Å². The Balaban J connectivity index is 1.80. The topological polar surface area (TPSA) is 143 Å². The molecule has 0 aliphatic rings. The van der Waals surface area contributed by atoms with E-state index in [1.807, 2.05) is 6.92 Å². The van der Waals surface area contributed by atoms with Crippen LogP contribution < -0.4 is 15.8 Å². The van der Waals surface area contributed by atoms with Gasteiger partial charge in [-0.05, 0) is 61.4 Å². The summed E-state index contributed by atoms with van der Waals surface area (Å²) < 4.78 is 62.8. The lowest BCUT2D eigenvalue weighted by Gasteiger charge is -2.31. The number of aryl methyl sites for hydroxylation is 1. The Morgan fingerprint density at radius 3 is 2.41 bits per heavy atom. The summed E-state index contributed by atoms with van der Waals surface area (Å²) in [4.78, 5) is 28.9.